The summed E-state index contributed by atoms with van der Waals surface area (Å²) in [4.78, 5) is 14.0. The number of halogens is 1. The van der Waals surface area contributed by atoms with Gasteiger partial charge in [0.1, 0.15) is 0 Å². The maximum absolute atomic E-state index is 11.5. The number of piperidine rings is 1. The van der Waals surface area contributed by atoms with Crippen LogP contribution >= 0.6 is 15.9 Å². The lowest BCUT2D eigenvalue weighted by atomic mass is 9.99. The third kappa shape index (κ3) is 2.99. The first-order valence-corrected chi connectivity index (χ1v) is 8.11. The van der Waals surface area contributed by atoms with Gasteiger partial charge in [0.15, 0.2) is 0 Å². The van der Waals surface area contributed by atoms with E-state index in [1.165, 1.54) is 12.8 Å². The number of aliphatic hydroxyl groups is 1. The molecule has 114 valence electrons. The number of nitrogens with two attached hydrogens (primary N) is 1. The van der Waals surface area contributed by atoms with E-state index in [0.29, 0.717) is 17.6 Å². The smallest absolute Gasteiger partial charge is 0.265 e. The van der Waals surface area contributed by atoms with E-state index in [1.54, 1.807) is 12.1 Å². The Bertz CT molecular complexity index is 538. The third-order valence-corrected chi connectivity index (χ3v) is 5.40. The van der Waals surface area contributed by atoms with Crippen molar-refractivity contribution >= 4 is 21.8 Å². The molecule has 2 saturated heterocycles. The summed E-state index contributed by atoms with van der Waals surface area (Å²) in [5.41, 5.74) is 3.85. The number of carbonyl (C=O) groups is 1. The number of hydrogen-bond donors (Lipinski definition) is 3. The maximum Gasteiger partial charge on any atom is 0.265 e. The van der Waals surface area contributed by atoms with Crippen molar-refractivity contribution < 1.29 is 9.90 Å². The minimum atomic E-state index is -0.289. The molecule has 0 saturated carbocycles. The lowest BCUT2D eigenvalue weighted by Crippen LogP contribution is -2.44. The lowest BCUT2D eigenvalue weighted by Gasteiger charge is -2.37. The summed E-state index contributed by atoms with van der Waals surface area (Å²) < 4.78 is 0.925. The Kier molecular flexibility index (Phi) is 4.31. The highest BCUT2D eigenvalue weighted by Gasteiger charge is 2.40. The van der Waals surface area contributed by atoms with Crippen LogP contribution in [0.4, 0.5) is 0 Å². The second kappa shape index (κ2) is 6.04. The molecule has 2 unspecified atom stereocenters. The fourth-order valence-electron chi connectivity index (χ4n) is 3.60. The first-order chi connectivity index (χ1) is 10.1. The monoisotopic (exact) mass is 353 g/mol. The molecule has 2 aliphatic heterocycles. The summed E-state index contributed by atoms with van der Waals surface area (Å²) in [6.07, 6.45) is 3.96. The summed E-state index contributed by atoms with van der Waals surface area (Å²) in [5, 5.41) is 9.86. The quantitative estimate of drug-likeness (QED) is 0.437. The van der Waals surface area contributed by atoms with Crippen molar-refractivity contribution in [2.24, 2.45) is 5.84 Å². The van der Waals surface area contributed by atoms with Crippen molar-refractivity contribution in [3.8, 4) is 0 Å². The zero-order chi connectivity index (χ0) is 15.0. The van der Waals surface area contributed by atoms with Crippen LogP contribution in [0, 0.1) is 0 Å². The molecule has 2 atom stereocenters. The van der Waals surface area contributed by atoms with Crippen molar-refractivity contribution in [3.63, 3.8) is 0 Å². The van der Waals surface area contributed by atoms with Gasteiger partial charge in [0.2, 0.25) is 0 Å². The highest BCUT2D eigenvalue weighted by molar-refractivity contribution is 9.10. The molecule has 0 aromatic heterocycles. The van der Waals surface area contributed by atoms with Crippen LogP contribution < -0.4 is 11.3 Å². The number of benzene rings is 1. The van der Waals surface area contributed by atoms with E-state index in [-0.39, 0.29) is 12.0 Å². The van der Waals surface area contributed by atoms with Crippen molar-refractivity contribution in [3.05, 3.63) is 33.8 Å². The fourth-order valence-corrected chi connectivity index (χ4v) is 4.10. The minimum absolute atomic E-state index is 0.141. The first kappa shape index (κ1) is 15.0. The van der Waals surface area contributed by atoms with Gasteiger partial charge in [0.25, 0.3) is 5.91 Å². The Morgan fingerprint density at radius 1 is 1.38 bits per heavy atom. The van der Waals surface area contributed by atoms with Gasteiger partial charge in [-0.3, -0.25) is 15.1 Å². The zero-order valence-electron chi connectivity index (χ0n) is 11.8. The highest BCUT2D eigenvalue weighted by atomic mass is 79.9. The highest BCUT2D eigenvalue weighted by Crippen LogP contribution is 2.37. The van der Waals surface area contributed by atoms with Crippen LogP contribution in [0.1, 0.15) is 41.6 Å². The van der Waals surface area contributed by atoms with Crippen molar-refractivity contribution in [1.29, 1.82) is 0 Å². The molecule has 6 heteroatoms. The van der Waals surface area contributed by atoms with E-state index in [4.69, 9.17) is 5.84 Å². The van der Waals surface area contributed by atoms with Gasteiger partial charge in [-0.15, -0.1) is 0 Å². The number of fused-ring (bicyclic) bond motifs is 2. The van der Waals surface area contributed by atoms with Crippen molar-refractivity contribution in [2.75, 3.05) is 0 Å². The predicted octanol–water partition coefficient (Wildman–Crippen LogP) is 1.54. The Morgan fingerprint density at radius 2 is 2.05 bits per heavy atom. The molecule has 1 aromatic carbocycles. The number of carbonyl (C=O) groups excluding carboxylic acids is 1. The van der Waals surface area contributed by atoms with Gasteiger partial charge in [-0.2, -0.15) is 0 Å². The van der Waals surface area contributed by atoms with Crippen molar-refractivity contribution in [1.82, 2.24) is 10.3 Å². The van der Waals surface area contributed by atoms with Crippen LogP contribution in [0.2, 0.25) is 0 Å². The van der Waals surface area contributed by atoms with Gasteiger partial charge in [0.05, 0.1) is 6.10 Å². The van der Waals surface area contributed by atoms with E-state index in [9.17, 15) is 9.90 Å². The average Bonchev–Trinajstić information content (AvgIpc) is 2.70. The van der Waals surface area contributed by atoms with Crippen molar-refractivity contribution in [2.45, 2.75) is 50.4 Å². The number of nitrogen functional groups attached to an aromatic ring is 1. The molecule has 2 heterocycles. The molecule has 3 rings (SSSR count). The summed E-state index contributed by atoms with van der Waals surface area (Å²) in [7, 11) is 0. The molecule has 0 radical (unpaired) electrons. The molecular weight excluding hydrogens is 334 g/mol. The number of amides is 1. The molecule has 2 bridgehead atoms. The molecular formula is C15H20BrN3O2. The second-order valence-electron chi connectivity index (χ2n) is 5.96. The summed E-state index contributed by atoms with van der Waals surface area (Å²) in [6, 6.07) is 6.54. The van der Waals surface area contributed by atoms with Crippen LogP contribution in [0.15, 0.2) is 22.7 Å². The number of rotatable bonds is 3. The van der Waals surface area contributed by atoms with Crippen LogP contribution in [-0.4, -0.2) is 34.1 Å². The van der Waals surface area contributed by atoms with E-state index in [0.717, 1.165) is 29.4 Å². The standard InChI is InChI=1S/C15H20BrN3O2/c16-14-5-9(15(21)18-17)1-2-10(14)8-19-11-3-4-12(19)7-13(20)6-11/h1-2,5,11-13,20H,3-4,6-8,17H2,(H,18,21). The summed E-state index contributed by atoms with van der Waals surface area (Å²) in [6.45, 7) is 0.854. The Labute approximate surface area is 132 Å². The van der Waals surface area contributed by atoms with Gasteiger partial charge in [-0.05, 0) is 43.4 Å². The van der Waals surface area contributed by atoms with Crippen LogP contribution in [0.5, 0.6) is 0 Å². The summed E-state index contributed by atoms with van der Waals surface area (Å²) in [5.74, 6) is 4.86. The lowest BCUT2D eigenvalue weighted by molar-refractivity contribution is 0.0309. The molecule has 1 amide bonds. The Balaban J connectivity index is 1.75. The van der Waals surface area contributed by atoms with E-state index >= 15 is 0 Å². The van der Waals surface area contributed by atoms with Gasteiger partial charge in [-0.1, -0.05) is 22.0 Å². The van der Waals surface area contributed by atoms with Crippen LogP contribution in [0.3, 0.4) is 0 Å². The number of nitrogens with one attached hydrogen (secondary N) is 1. The van der Waals surface area contributed by atoms with E-state index < -0.39 is 0 Å². The van der Waals surface area contributed by atoms with Gasteiger partial charge in [-0.25, -0.2) is 5.84 Å². The molecule has 2 fully saturated rings. The molecule has 2 aliphatic rings. The predicted molar refractivity (Wildman–Crippen MR) is 83.4 cm³/mol. The maximum atomic E-state index is 11.5. The SMILES string of the molecule is NNC(=O)c1ccc(CN2C3CCC2CC(O)C3)c(Br)c1. The van der Waals surface area contributed by atoms with Crippen LogP contribution in [0.25, 0.3) is 0 Å². The normalized spacial score (nSPS) is 28.6. The largest absolute Gasteiger partial charge is 0.393 e. The molecule has 0 aliphatic carbocycles. The molecule has 4 N–H and O–H groups in total. The minimum Gasteiger partial charge on any atom is -0.393 e. The summed E-state index contributed by atoms with van der Waals surface area (Å²) >= 11 is 3.55. The molecule has 21 heavy (non-hydrogen) atoms. The Morgan fingerprint density at radius 3 is 2.62 bits per heavy atom. The number of hydrogen-bond acceptors (Lipinski definition) is 4. The number of nitrogens with zero attached hydrogens (tertiary/aromatic N) is 1. The average molecular weight is 354 g/mol. The first-order valence-electron chi connectivity index (χ1n) is 7.31. The van der Waals surface area contributed by atoms with Gasteiger partial charge >= 0.3 is 0 Å². The third-order valence-electron chi connectivity index (χ3n) is 4.66. The van der Waals surface area contributed by atoms with Crippen LogP contribution in [-0.2, 0) is 6.54 Å². The Hall–Kier alpha value is -0.950. The van der Waals surface area contributed by atoms with E-state index in [1.807, 2.05) is 6.07 Å². The van der Waals surface area contributed by atoms with Gasteiger partial charge in [0, 0.05) is 28.7 Å². The van der Waals surface area contributed by atoms with E-state index in [2.05, 4.69) is 26.3 Å². The number of aliphatic hydroxyl groups excluding tert-OH is 1. The topological polar surface area (TPSA) is 78.6 Å². The molecule has 5 nitrogen and oxygen atoms in total. The number of hydrazine groups is 1. The zero-order valence-corrected chi connectivity index (χ0v) is 13.3. The molecule has 0 spiro atoms. The molecule has 1 aromatic rings. The van der Waals surface area contributed by atoms with Gasteiger partial charge < -0.3 is 5.11 Å². The second-order valence-corrected chi connectivity index (χ2v) is 6.82. The fraction of sp³-hybridized carbons (Fsp3) is 0.533.